The second kappa shape index (κ2) is 4.24. The first-order chi connectivity index (χ1) is 5.79. The van der Waals surface area contributed by atoms with Crippen LogP contribution in [0, 0.1) is 11.3 Å². The Morgan fingerprint density at radius 3 is 2.92 bits per heavy atom. The van der Waals surface area contributed by atoms with Gasteiger partial charge >= 0.3 is 0 Å². The first-order valence-corrected chi connectivity index (χ1v) is 4.41. The number of nitriles is 1. The van der Waals surface area contributed by atoms with Crippen molar-refractivity contribution in [2.45, 2.75) is 6.54 Å². The van der Waals surface area contributed by atoms with Crippen molar-refractivity contribution in [2.24, 2.45) is 0 Å². The first kappa shape index (κ1) is 9.24. The molecule has 1 aromatic carbocycles. The van der Waals surface area contributed by atoms with Gasteiger partial charge in [0.2, 0.25) is 0 Å². The summed E-state index contributed by atoms with van der Waals surface area (Å²) in [5.74, 6) is 0. The summed E-state index contributed by atoms with van der Waals surface area (Å²) in [6, 6.07) is 7.79. The van der Waals surface area contributed by atoms with Gasteiger partial charge in [-0.25, -0.2) is 0 Å². The van der Waals surface area contributed by atoms with Crippen LogP contribution in [0.3, 0.4) is 0 Å². The van der Waals surface area contributed by atoms with Crippen molar-refractivity contribution in [2.75, 3.05) is 7.05 Å². The third-order valence-corrected chi connectivity index (χ3v) is 2.50. The largest absolute Gasteiger partial charge is 0.316 e. The van der Waals surface area contributed by atoms with Crippen molar-refractivity contribution in [1.82, 2.24) is 5.32 Å². The average Bonchev–Trinajstić information content (AvgIpc) is 2.09. The Kier molecular flexibility index (Phi) is 3.27. The monoisotopic (exact) mass is 224 g/mol. The zero-order valence-corrected chi connectivity index (χ0v) is 8.35. The minimum absolute atomic E-state index is 0.683. The maximum Gasteiger partial charge on any atom is 0.100 e. The fourth-order valence-electron chi connectivity index (χ4n) is 0.993. The van der Waals surface area contributed by atoms with Crippen LogP contribution in [0.2, 0.25) is 0 Å². The van der Waals surface area contributed by atoms with Gasteiger partial charge in [-0.05, 0) is 34.6 Å². The quantitative estimate of drug-likeness (QED) is 0.835. The van der Waals surface area contributed by atoms with Crippen molar-refractivity contribution >= 4 is 15.9 Å². The number of nitrogens with one attached hydrogen (secondary N) is 1. The predicted molar refractivity (Wildman–Crippen MR) is 51.6 cm³/mol. The molecule has 0 heterocycles. The summed E-state index contributed by atoms with van der Waals surface area (Å²) in [7, 11) is 1.88. The molecule has 0 unspecified atom stereocenters. The Labute approximate surface area is 80.3 Å². The molecule has 1 aromatic rings. The van der Waals surface area contributed by atoms with Crippen LogP contribution >= 0.6 is 15.9 Å². The molecule has 1 N–H and O–H groups in total. The van der Waals surface area contributed by atoms with Gasteiger partial charge in [0.25, 0.3) is 0 Å². The molecule has 0 aliphatic carbocycles. The number of rotatable bonds is 2. The van der Waals surface area contributed by atoms with Gasteiger partial charge in [-0.1, -0.05) is 12.1 Å². The number of hydrogen-bond donors (Lipinski definition) is 1. The lowest BCUT2D eigenvalue weighted by Gasteiger charge is -2.03. The fraction of sp³-hybridized carbons (Fsp3) is 0.222. The second-order valence-corrected chi connectivity index (χ2v) is 3.21. The topological polar surface area (TPSA) is 35.8 Å². The Hall–Kier alpha value is -0.850. The van der Waals surface area contributed by atoms with E-state index in [0.29, 0.717) is 5.56 Å². The van der Waals surface area contributed by atoms with Gasteiger partial charge in [0, 0.05) is 11.0 Å². The van der Waals surface area contributed by atoms with Gasteiger partial charge in [-0.2, -0.15) is 5.26 Å². The molecule has 0 saturated carbocycles. The zero-order valence-electron chi connectivity index (χ0n) is 6.76. The lowest BCUT2D eigenvalue weighted by Crippen LogP contribution is -2.05. The molecule has 12 heavy (non-hydrogen) atoms. The maximum atomic E-state index is 8.71. The van der Waals surface area contributed by atoms with Gasteiger partial charge in [0.1, 0.15) is 6.07 Å². The molecule has 0 aliphatic heterocycles. The summed E-state index contributed by atoms with van der Waals surface area (Å²) < 4.78 is 0.891. The summed E-state index contributed by atoms with van der Waals surface area (Å²) in [5, 5.41) is 11.7. The highest BCUT2D eigenvalue weighted by Crippen LogP contribution is 2.20. The van der Waals surface area contributed by atoms with E-state index in [0.717, 1.165) is 16.6 Å². The minimum Gasteiger partial charge on any atom is -0.316 e. The van der Waals surface area contributed by atoms with Gasteiger partial charge in [0.05, 0.1) is 5.56 Å². The zero-order chi connectivity index (χ0) is 8.97. The van der Waals surface area contributed by atoms with E-state index < -0.39 is 0 Å². The van der Waals surface area contributed by atoms with Crippen LogP contribution in [-0.2, 0) is 6.54 Å². The number of hydrogen-bond acceptors (Lipinski definition) is 2. The molecule has 0 fully saturated rings. The Balaban J connectivity index is 3.07. The number of nitrogens with zero attached hydrogens (tertiary/aromatic N) is 1. The molecule has 1 rings (SSSR count). The van der Waals surface area contributed by atoms with Crippen molar-refractivity contribution in [3.8, 4) is 6.07 Å². The standard InChI is InChI=1S/C9H9BrN2/c1-12-6-8-4-2-3-7(5-11)9(8)10/h2-4,12H,6H2,1H3. The van der Waals surface area contributed by atoms with E-state index in [9.17, 15) is 0 Å². The molecule has 0 atom stereocenters. The minimum atomic E-state index is 0.683. The molecule has 0 amide bonds. The molecule has 0 aromatic heterocycles. The van der Waals surface area contributed by atoms with E-state index in [-0.39, 0.29) is 0 Å². The van der Waals surface area contributed by atoms with Crippen molar-refractivity contribution in [3.63, 3.8) is 0 Å². The molecular formula is C9H9BrN2. The van der Waals surface area contributed by atoms with E-state index in [4.69, 9.17) is 5.26 Å². The Morgan fingerprint density at radius 1 is 1.58 bits per heavy atom. The molecule has 0 spiro atoms. The van der Waals surface area contributed by atoms with Crippen LogP contribution in [0.1, 0.15) is 11.1 Å². The van der Waals surface area contributed by atoms with Crippen LogP contribution in [-0.4, -0.2) is 7.05 Å². The third kappa shape index (κ3) is 1.84. The van der Waals surface area contributed by atoms with Gasteiger partial charge in [0.15, 0.2) is 0 Å². The predicted octanol–water partition coefficient (Wildman–Crippen LogP) is 2.04. The molecule has 0 aliphatic rings. The summed E-state index contributed by atoms with van der Waals surface area (Å²) in [6.07, 6.45) is 0. The smallest absolute Gasteiger partial charge is 0.100 e. The molecule has 62 valence electrons. The second-order valence-electron chi connectivity index (χ2n) is 2.42. The molecule has 0 saturated heterocycles. The molecular weight excluding hydrogens is 216 g/mol. The van der Waals surface area contributed by atoms with Crippen molar-refractivity contribution in [1.29, 1.82) is 5.26 Å². The molecule has 0 bridgehead atoms. The maximum absolute atomic E-state index is 8.71. The van der Waals surface area contributed by atoms with E-state index in [1.165, 1.54) is 0 Å². The van der Waals surface area contributed by atoms with Crippen LogP contribution < -0.4 is 5.32 Å². The number of benzene rings is 1. The third-order valence-electron chi connectivity index (χ3n) is 1.57. The Morgan fingerprint density at radius 2 is 2.33 bits per heavy atom. The summed E-state index contributed by atoms with van der Waals surface area (Å²) >= 11 is 3.38. The Bertz CT molecular complexity index is 315. The number of halogens is 1. The lowest BCUT2D eigenvalue weighted by molar-refractivity contribution is 0.814. The van der Waals surface area contributed by atoms with Gasteiger partial charge in [-0.15, -0.1) is 0 Å². The van der Waals surface area contributed by atoms with Crippen LogP contribution in [0.15, 0.2) is 22.7 Å². The fourth-order valence-corrected chi connectivity index (χ4v) is 1.49. The van der Waals surface area contributed by atoms with Crippen LogP contribution in [0.4, 0.5) is 0 Å². The highest BCUT2D eigenvalue weighted by atomic mass is 79.9. The summed E-state index contributed by atoms with van der Waals surface area (Å²) in [4.78, 5) is 0. The van der Waals surface area contributed by atoms with Crippen LogP contribution in [0.5, 0.6) is 0 Å². The summed E-state index contributed by atoms with van der Waals surface area (Å²) in [5.41, 5.74) is 1.79. The van der Waals surface area contributed by atoms with E-state index in [2.05, 4.69) is 27.3 Å². The normalized spacial score (nSPS) is 9.42. The van der Waals surface area contributed by atoms with E-state index in [1.807, 2.05) is 19.2 Å². The highest BCUT2D eigenvalue weighted by molar-refractivity contribution is 9.10. The van der Waals surface area contributed by atoms with Crippen molar-refractivity contribution < 1.29 is 0 Å². The van der Waals surface area contributed by atoms with E-state index >= 15 is 0 Å². The average molecular weight is 225 g/mol. The molecule has 3 heteroatoms. The molecule has 2 nitrogen and oxygen atoms in total. The summed E-state index contributed by atoms with van der Waals surface area (Å²) in [6.45, 7) is 0.774. The SMILES string of the molecule is CNCc1cccc(C#N)c1Br. The van der Waals surface area contributed by atoms with Crippen LogP contribution in [0.25, 0.3) is 0 Å². The lowest BCUT2D eigenvalue weighted by atomic mass is 10.1. The van der Waals surface area contributed by atoms with Gasteiger partial charge in [-0.3, -0.25) is 0 Å². The van der Waals surface area contributed by atoms with E-state index in [1.54, 1.807) is 6.07 Å². The van der Waals surface area contributed by atoms with Gasteiger partial charge < -0.3 is 5.32 Å². The molecule has 0 radical (unpaired) electrons. The first-order valence-electron chi connectivity index (χ1n) is 3.61. The highest BCUT2D eigenvalue weighted by Gasteiger charge is 2.02. The van der Waals surface area contributed by atoms with Crippen molar-refractivity contribution in [3.05, 3.63) is 33.8 Å².